The minimum Gasteiger partial charge on any atom is -0.361 e. The van der Waals surface area contributed by atoms with Crippen LogP contribution in [0.1, 0.15) is 65.0 Å². The number of carbonyl (C=O) groups is 4. The van der Waals surface area contributed by atoms with Crippen LogP contribution in [0.15, 0.2) is 60.7 Å². The predicted molar refractivity (Wildman–Crippen MR) is 167 cm³/mol. The van der Waals surface area contributed by atoms with E-state index in [1.807, 2.05) is 88.4 Å². The standard InChI is InChI=1S/C34H48N4O5/c1-22(2)18-27(30(39)34(5)21-43-34)36-33(42)29(20-25-14-10-7-11-15-25)38-32(41)28(19-23(3)4)37-31(40)26(35)17-16-24-12-8-6-9-13-24/h6-15,22-23,26-29H,16-21,35H2,1-5H3,(H,36,42)(H,37,40)(H,38,41)/t26-,27+,28+,29+,34+/m0/s1. The molecule has 0 saturated carbocycles. The molecule has 1 heterocycles. The first-order valence-electron chi connectivity index (χ1n) is 15.3. The second kappa shape index (κ2) is 15.8. The molecule has 3 rings (SSSR count). The van der Waals surface area contributed by atoms with Gasteiger partial charge in [-0.2, -0.15) is 0 Å². The molecule has 43 heavy (non-hydrogen) atoms. The van der Waals surface area contributed by atoms with E-state index in [0.717, 1.165) is 11.1 Å². The number of hydrogen-bond acceptors (Lipinski definition) is 6. The van der Waals surface area contributed by atoms with Gasteiger partial charge >= 0.3 is 0 Å². The van der Waals surface area contributed by atoms with Gasteiger partial charge in [0, 0.05) is 6.42 Å². The van der Waals surface area contributed by atoms with Crippen LogP contribution in [0.3, 0.4) is 0 Å². The summed E-state index contributed by atoms with van der Waals surface area (Å²) < 4.78 is 5.37. The summed E-state index contributed by atoms with van der Waals surface area (Å²) in [5, 5.41) is 8.60. The zero-order valence-electron chi connectivity index (χ0n) is 26.1. The maximum absolute atomic E-state index is 13.7. The minimum atomic E-state index is -0.969. The number of rotatable bonds is 17. The van der Waals surface area contributed by atoms with Gasteiger partial charge in [0.1, 0.15) is 17.7 Å². The van der Waals surface area contributed by atoms with Gasteiger partial charge in [-0.1, -0.05) is 88.4 Å². The molecule has 1 fully saturated rings. The minimum absolute atomic E-state index is 0.0883. The first-order valence-corrected chi connectivity index (χ1v) is 15.3. The Morgan fingerprint density at radius 3 is 1.74 bits per heavy atom. The van der Waals surface area contributed by atoms with Crippen molar-refractivity contribution in [3.63, 3.8) is 0 Å². The Hall–Kier alpha value is -3.56. The van der Waals surface area contributed by atoms with Crippen LogP contribution in [0.2, 0.25) is 0 Å². The molecule has 0 aromatic heterocycles. The molecular formula is C34H48N4O5. The van der Waals surface area contributed by atoms with Gasteiger partial charge in [0.2, 0.25) is 17.7 Å². The highest BCUT2D eigenvalue weighted by molar-refractivity contribution is 5.98. The van der Waals surface area contributed by atoms with Crippen molar-refractivity contribution in [2.75, 3.05) is 6.61 Å². The molecule has 9 heteroatoms. The number of nitrogens with two attached hydrogens (primary N) is 1. The number of Topliss-reactive ketones (excluding diaryl/α,β-unsaturated/α-hetero) is 1. The monoisotopic (exact) mass is 592 g/mol. The van der Waals surface area contributed by atoms with Gasteiger partial charge in [-0.25, -0.2) is 0 Å². The maximum Gasteiger partial charge on any atom is 0.243 e. The number of aryl methyl sites for hydroxylation is 1. The van der Waals surface area contributed by atoms with Gasteiger partial charge in [0.25, 0.3) is 0 Å². The Kier molecular flexibility index (Phi) is 12.5. The van der Waals surface area contributed by atoms with E-state index in [-0.39, 0.29) is 24.0 Å². The summed E-state index contributed by atoms with van der Waals surface area (Å²) in [6.07, 6.45) is 2.10. The van der Waals surface area contributed by atoms with Crippen molar-refractivity contribution in [2.45, 2.75) is 96.5 Å². The van der Waals surface area contributed by atoms with Gasteiger partial charge in [-0.05, 0) is 55.6 Å². The van der Waals surface area contributed by atoms with E-state index in [0.29, 0.717) is 32.3 Å². The van der Waals surface area contributed by atoms with E-state index in [9.17, 15) is 19.2 Å². The maximum atomic E-state index is 13.7. The Morgan fingerprint density at radius 2 is 1.21 bits per heavy atom. The average Bonchev–Trinajstić information content (AvgIpc) is 3.73. The SMILES string of the molecule is CC(C)C[C@@H](NC(=O)[C@@H](N)CCc1ccccc1)C(=O)N[C@H](Cc1ccccc1)C(=O)N[C@H](CC(C)C)C(=O)[C@@]1(C)CO1. The molecule has 9 nitrogen and oxygen atoms in total. The summed E-state index contributed by atoms with van der Waals surface area (Å²) in [5.41, 5.74) is 7.24. The highest BCUT2D eigenvalue weighted by atomic mass is 16.6. The van der Waals surface area contributed by atoms with E-state index in [4.69, 9.17) is 10.5 Å². The summed E-state index contributed by atoms with van der Waals surface area (Å²) in [6.45, 7) is 9.93. The number of ether oxygens (including phenoxy) is 1. The van der Waals surface area contributed by atoms with Gasteiger partial charge < -0.3 is 26.4 Å². The normalized spacial score (nSPS) is 18.8. The molecule has 3 amide bonds. The smallest absolute Gasteiger partial charge is 0.243 e. The Labute approximate surface area is 255 Å². The molecular weight excluding hydrogens is 544 g/mol. The predicted octanol–water partition coefficient (Wildman–Crippen LogP) is 3.09. The molecule has 1 saturated heterocycles. The van der Waals surface area contributed by atoms with Gasteiger partial charge in [-0.15, -0.1) is 0 Å². The Balaban J connectivity index is 1.74. The highest BCUT2D eigenvalue weighted by Crippen LogP contribution is 2.29. The van der Waals surface area contributed by atoms with E-state index >= 15 is 0 Å². The number of hydrogen-bond donors (Lipinski definition) is 4. The summed E-state index contributed by atoms with van der Waals surface area (Å²) >= 11 is 0. The number of epoxide rings is 1. The van der Waals surface area contributed by atoms with E-state index in [1.54, 1.807) is 6.92 Å². The lowest BCUT2D eigenvalue weighted by atomic mass is 9.93. The quantitative estimate of drug-likeness (QED) is 0.208. The van der Waals surface area contributed by atoms with Crippen LogP contribution in [-0.2, 0) is 36.8 Å². The third-order valence-corrected chi connectivity index (χ3v) is 7.62. The first kappa shape index (κ1) is 33.9. The van der Waals surface area contributed by atoms with E-state index in [1.165, 1.54) is 0 Å². The topological polar surface area (TPSA) is 143 Å². The molecule has 234 valence electrons. The van der Waals surface area contributed by atoms with Crippen molar-refractivity contribution in [3.8, 4) is 0 Å². The van der Waals surface area contributed by atoms with Crippen molar-refractivity contribution < 1.29 is 23.9 Å². The average molecular weight is 593 g/mol. The fourth-order valence-corrected chi connectivity index (χ4v) is 5.01. The number of nitrogens with one attached hydrogen (secondary N) is 3. The second-order valence-electron chi connectivity index (χ2n) is 12.6. The van der Waals surface area contributed by atoms with Crippen molar-refractivity contribution in [1.82, 2.24) is 16.0 Å². The molecule has 0 unspecified atom stereocenters. The molecule has 2 aromatic carbocycles. The van der Waals surface area contributed by atoms with Crippen molar-refractivity contribution in [2.24, 2.45) is 17.6 Å². The molecule has 5 N–H and O–H groups in total. The van der Waals surface area contributed by atoms with Crippen molar-refractivity contribution in [3.05, 3.63) is 71.8 Å². The van der Waals surface area contributed by atoms with Gasteiger partial charge in [0.05, 0.1) is 18.7 Å². The molecule has 0 bridgehead atoms. The second-order valence-corrected chi connectivity index (χ2v) is 12.6. The Bertz CT molecular complexity index is 1210. The fourth-order valence-electron chi connectivity index (χ4n) is 5.01. The lowest BCUT2D eigenvalue weighted by Gasteiger charge is -2.27. The summed E-state index contributed by atoms with van der Waals surface area (Å²) in [5.74, 6) is -1.29. The first-order chi connectivity index (χ1) is 20.4. The third-order valence-electron chi connectivity index (χ3n) is 7.62. The fraction of sp³-hybridized carbons (Fsp3) is 0.529. The third kappa shape index (κ3) is 10.9. The van der Waals surface area contributed by atoms with Crippen LogP contribution in [0, 0.1) is 11.8 Å². The zero-order valence-corrected chi connectivity index (χ0v) is 26.1. The highest BCUT2D eigenvalue weighted by Gasteiger charge is 2.50. The molecule has 1 aliphatic rings. The number of amides is 3. The van der Waals surface area contributed by atoms with Crippen LogP contribution in [0.25, 0.3) is 0 Å². The van der Waals surface area contributed by atoms with Crippen LogP contribution in [0.5, 0.6) is 0 Å². The molecule has 5 atom stereocenters. The van der Waals surface area contributed by atoms with Crippen LogP contribution >= 0.6 is 0 Å². The van der Waals surface area contributed by atoms with E-state index in [2.05, 4.69) is 16.0 Å². The van der Waals surface area contributed by atoms with E-state index < -0.39 is 47.5 Å². The van der Waals surface area contributed by atoms with Crippen molar-refractivity contribution >= 4 is 23.5 Å². The number of ketones is 1. The van der Waals surface area contributed by atoms with Gasteiger partial charge in [0.15, 0.2) is 5.78 Å². The number of carbonyl (C=O) groups excluding carboxylic acids is 4. The number of benzene rings is 2. The lowest BCUT2D eigenvalue weighted by Crippen LogP contribution is -2.58. The van der Waals surface area contributed by atoms with Crippen LogP contribution in [0.4, 0.5) is 0 Å². The van der Waals surface area contributed by atoms with Crippen LogP contribution in [-0.4, -0.2) is 59.9 Å². The van der Waals surface area contributed by atoms with Crippen molar-refractivity contribution in [1.29, 1.82) is 0 Å². The molecule has 0 aliphatic carbocycles. The molecule has 0 radical (unpaired) electrons. The molecule has 2 aromatic rings. The summed E-state index contributed by atoms with van der Waals surface area (Å²) in [6, 6.07) is 15.7. The lowest BCUT2D eigenvalue weighted by molar-refractivity contribution is -0.134. The Morgan fingerprint density at radius 1 is 0.744 bits per heavy atom. The largest absolute Gasteiger partial charge is 0.361 e. The molecule has 1 aliphatic heterocycles. The van der Waals surface area contributed by atoms with Crippen LogP contribution < -0.4 is 21.7 Å². The van der Waals surface area contributed by atoms with Gasteiger partial charge in [-0.3, -0.25) is 19.2 Å². The molecule has 0 spiro atoms. The summed E-state index contributed by atoms with van der Waals surface area (Å²) in [4.78, 5) is 53.6. The summed E-state index contributed by atoms with van der Waals surface area (Å²) in [7, 11) is 0. The zero-order chi connectivity index (χ0) is 31.6.